The van der Waals surface area contributed by atoms with Gasteiger partial charge in [0.05, 0.1) is 0 Å². The summed E-state index contributed by atoms with van der Waals surface area (Å²) in [6.07, 6.45) is 8.78. The summed E-state index contributed by atoms with van der Waals surface area (Å²) in [6, 6.07) is 0.839. The van der Waals surface area contributed by atoms with Crippen LogP contribution in [0.3, 0.4) is 0 Å². The number of hydrogen-bond acceptors (Lipinski definition) is 1. The van der Waals surface area contributed by atoms with Gasteiger partial charge in [-0.25, -0.2) is 0 Å². The first kappa shape index (κ1) is 10.5. The molecule has 4 unspecified atom stereocenters. The molecule has 4 atom stereocenters. The lowest BCUT2D eigenvalue weighted by molar-refractivity contribution is 0.0975. The van der Waals surface area contributed by atoms with E-state index in [1.807, 2.05) is 0 Å². The van der Waals surface area contributed by atoms with E-state index in [1.54, 1.807) is 0 Å². The lowest BCUT2D eigenvalue weighted by atomic mass is 9.66. The summed E-state index contributed by atoms with van der Waals surface area (Å²) in [5.74, 6) is 3.00. The van der Waals surface area contributed by atoms with Crippen LogP contribution in [0.15, 0.2) is 0 Å². The molecule has 0 spiro atoms. The van der Waals surface area contributed by atoms with Crippen molar-refractivity contribution in [3.63, 3.8) is 0 Å². The normalized spacial score (nSPS) is 42.4. The first-order valence-electron chi connectivity index (χ1n) is 6.54. The van der Waals surface area contributed by atoms with Gasteiger partial charge in [-0.15, -0.1) is 0 Å². The molecule has 0 saturated heterocycles. The third-order valence-corrected chi connectivity index (χ3v) is 4.28. The van der Waals surface area contributed by atoms with Crippen LogP contribution in [0.2, 0.25) is 0 Å². The molecule has 2 rings (SSSR count). The Balaban J connectivity index is 1.92. The standard InChI is InChI=1S/C13H25N/c1-3-7-14-13-10(2)8-11-5-4-6-12(13)9-11/h10-14H,3-9H2,1-2H3. The van der Waals surface area contributed by atoms with E-state index < -0.39 is 0 Å². The van der Waals surface area contributed by atoms with E-state index in [4.69, 9.17) is 0 Å². The molecular formula is C13H25N. The molecule has 1 heteroatoms. The van der Waals surface area contributed by atoms with Crippen molar-refractivity contribution < 1.29 is 0 Å². The zero-order valence-corrected chi connectivity index (χ0v) is 9.76. The van der Waals surface area contributed by atoms with Crippen molar-refractivity contribution in [3.8, 4) is 0 Å². The Bertz CT molecular complexity index is 176. The average molecular weight is 195 g/mol. The van der Waals surface area contributed by atoms with E-state index in [9.17, 15) is 0 Å². The van der Waals surface area contributed by atoms with E-state index in [1.165, 1.54) is 45.1 Å². The molecule has 2 aliphatic carbocycles. The van der Waals surface area contributed by atoms with Crippen LogP contribution in [0.5, 0.6) is 0 Å². The zero-order chi connectivity index (χ0) is 9.97. The number of hydrogen-bond donors (Lipinski definition) is 1. The topological polar surface area (TPSA) is 12.0 Å². The molecule has 1 nitrogen and oxygen atoms in total. The molecule has 0 aromatic carbocycles. The molecule has 82 valence electrons. The van der Waals surface area contributed by atoms with E-state index in [0.29, 0.717) is 0 Å². The second-order valence-corrected chi connectivity index (χ2v) is 5.49. The first-order valence-corrected chi connectivity index (χ1v) is 6.54. The molecule has 2 bridgehead atoms. The summed E-state index contributed by atoms with van der Waals surface area (Å²) in [4.78, 5) is 0. The highest BCUT2D eigenvalue weighted by Gasteiger charge is 2.37. The number of fused-ring (bicyclic) bond motifs is 2. The molecular weight excluding hydrogens is 170 g/mol. The Morgan fingerprint density at radius 2 is 2.07 bits per heavy atom. The van der Waals surface area contributed by atoms with Crippen molar-refractivity contribution in [2.75, 3.05) is 6.54 Å². The van der Waals surface area contributed by atoms with Crippen LogP contribution < -0.4 is 5.32 Å². The van der Waals surface area contributed by atoms with Crippen LogP contribution in [0, 0.1) is 17.8 Å². The maximum Gasteiger partial charge on any atom is 0.0121 e. The monoisotopic (exact) mass is 195 g/mol. The molecule has 0 amide bonds. The molecule has 2 fully saturated rings. The minimum absolute atomic E-state index is 0.839. The highest BCUT2D eigenvalue weighted by Crippen LogP contribution is 2.42. The Labute approximate surface area is 88.7 Å². The highest BCUT2D eigenvalue weighted by molar-refractivity contribution is 4.91. The molecule has 2 saturated carbocycles. The van der Waals surface area contributed by atoms with Crippen LogP contribution in [-0.2, 0) is 0 Å². The third-order valence-electron chi connectivity index (χ3n) is 4.28. The van der Waals surface area contributed by atoms with E-state index in [0.717, 1.165) is 23.8 Å². The predicted octanol–water partition coefficient (Wildman–Crippen LogP) is 3.20. The van der Waals surface area contributed by atoms with E-state index in [-0.39, 0.29) is 0 Å². The van der Waals surface area contributed by atoms with Gasteiger partial charge in [0.2, 0.25) is 0 Å². The van der Waals surface area contributed by atoms with Gasteiger partial charge in [0.1, 0.15) is 0 Å². The molecule has 2 aliphatic rings. The maximum absolute atomic E-state index is 3.78. The van der Waals surface area contributed by atoms with Gasteiger partial charge in [0.25, 0.3) is 0 Å². The van der Waals surface area contributed by atoms with Crippen LogP contribution >= 0.6 is 0 Å². The largest absolute Gasteiger partial charge is 0.313 e. The molecule has 0 aliphatic heterocycles. The van der Waals surface area contributed by atoms with Crippen LogP contribution in [-0.4, -0.2) is 12.6 Å². The Hall–Kier alpha value is -0.0400. The fourth-order valence-electron chi connectivity index (χ4n) is 3.69. The van der Waals surface area contributed by atoms with Gasteiger partial charge in [-0.3, -0.25) is 0 Å². The summed E-state index contributed by atoms with van der Waals surface area (Å²) >= 11 is 0. The van der Waals surface area contributed by atoms with Gasteiger partial charge in [-0.2, -0.15) is 0 Å². The summed E-state index contributed by atoms with van der Waals surface area (Å²) in [5.41, 5.74) is 0. The minimum atomic E-state index is 0.839. The molecule has 1 N–H and O–H groups in total. The second kappa shape index (κ2) is 4.65. The quantitative estimate of drug-likeness (QED) is 0.729. The fraction of sp³-hybridized carbons (Fsp3) is 1.00. The van der Waals surface area contributed by atoms with Crippen LogP contribution in [0.1, 0.15) is 52.4 Å². The summed E-state index contributed by atoms with van der Waals surface area (Å²) in [7, 11) is 0. The first-order chi connectivity index (χ1) is 6.81. The second-order valence-electron chi connectivity index (χ2n) is 5.49. The minimum Gasteiger partial charge on any atom is -0.313 e. The van der Waals surface area contributed by atoms with Crippen molar-refractivity contribution >= 4 is 0 Å². The maximum atomic E-state index is 3.78. The van der Waals surface area contributed by atoms with Crippen LogP contribution in [0.4, 0.5) is 0 Å². The third kappa shape index (κ3) is 2.13. The molecule has 0 aromatic heterocycles. The van der Waals surface area contributed by atoms with E-state index in [2.05, 4.69) is 19.2 Å². The number of nitrogens with one attached hydrogen (secondary N) is 1. The van der Waals surface area contributed by atoms with Crippen molar-refractivity contribution in [1.29, 1.82) is 0 Å². The lowest BCUT2D eigenvalue weighted by Gasteiger charge is -2.44. The Morgan fingerprint density at radius 3 is 2.86 bits per heavy atom. The van der Waals surface area contributed by atoms with Gasteiger partial charge in [0.15, 0.2) is 0 Å². The summed E-state index contributed by atoms with van der Waals surface area (Å²) in [5, 5.41) is 3.78. The average Bonchev–Trinajstić information content (AvgIpc) is 2.17. The van der Waals surface area contributed by atoms with Gasteiger partial charge in [-0.05, 0) is 50.0 Å². The van der Waals surface area contributed by atoms with Crippen molar-refractivity contribution in [2.24, 2.45) is 17.8 Å². The molecule has 0 aromatic rings. The van der Waals surface area contributed by atoms with Crippen molar-refractivity contribution in [3.05, 3.63) is 0 Å². The highest BCUT2D eigenvalue weighted by atomic mass is 14.9. The van der Waals surface area contributed by atoms with Gasteiger partial charge in [0, 0.05) is 6.04 Å². The van der Waals surface area contributed by atoms with Gasteiger partial charge in [-0.1, -0.05) is 26.7 Å². The van der Waals surface area contributed by atoms with Crippen molar-refractivity contribution in [1.82, 2.24) is 5.32 Å². The Kier molecular flexibility index (Phi) is 3.48. The lowest BCUT2D eigenvalue weighted by Crippen LogP contribution is -2.47. The van der Waals surface area contributed by atoms with Crippen molar-refractivity contribution in [2.45, 2.75) is 58.4 Å². The van der Waals surface area contributed by atoms with E-state index >= 15 is 0 Å². The van der Waals surface area contributed by atoms with Gasteiger partial charge >= 0.3 is 0 Å². The molecule has 0 radical (unpaired) electrons. The fourth-order valence-corrected chi connectivity index (χ4v) is 3.69. The predicted molar refractivity (Wildman–Crippen MR) is 61.3 cm³/mol. The summed E-state index contributed by atoms with van der Waals surface area (Å²) in [6.45, 7) is 5.94. The molecule has 14 heavy (non-hydrogen) atoms. The smallest absolute Gasteiger partial charge is 0.0121 e. The Morgan fingerprint density at radius 1 is 1.21 bits per heavy atom. The summed E-state index contributed by atoms with van der Waals surface area (Å²) < 4.78 is 0. The SMILES string of the molecule is CCCNC1C(C)CC2CCCC1C2. The number of rotatable bonds is 3. The molecule has 0 heterocycles. The zero-order valence-electron chi connectivity index (χ0n) is 9.76. The van der Waals surface area contributed by atoms with Gasteiger partial charge < -0.3 is 5.32 Å². The van der Waals surface area contributed by atoms with Crippen LogP contribution in [0.25, 0.3) is 0 Å².